The highest BCUT2D eigenvalue weighted by atomic mass is 31.2. The van der Waals surface area contributed by atoms with E-state index < -0.39 is 61.7 Å². The van der Waals surface area contributed by atoms with Gasteiger partial charge in [-0.1, -0.05) is 36.4 Å². The SMILES string of the molecule is C[C@H](NP(=O)(OC[C@H]1O[C@@H](n2ccc(=O)[nH]c2=O)[C@](C)(F)[C@@H]1O)Oc1ccc(C(=O)/C=C/c2ccccc2)cc1)C(=O)O. The second-order valence-electron chi connectivity index (χ2n) is 9.85. The van der Waals surface area contributed by atoms with Crippen LogP contribution in [-0.4, -0.2) is 62.0 Å². The van der Waals surface area contributed by atoms with Gasteiger partial charge in [0.15, 0.2) is 17.7 Å². The number of hydrogen-bond acceptors (Lipinski definition) is 9. The van der Waals surface area contributed by atoms with Crippen molar-refractivity contribution in [3.05, 3.63) is 105 Å². The molecule has 0 radical (unpaired) electrons. The molecule has 0 bridgehead atoms. The van der Waals surface area contributed by atoms with E-state index in [0.29, 0.717) is 0 Å². The minimum absolute atomic E-state index is 0.0575. The number of aliphatic hydroxyl groups excluding tert-OH is 1. The number of rotatable bonds is 12. The van der Waals surface area contributed by atoms with E-state index in [0.717, 1.165) is 29.3 Å². The molecule has 1 aliphatic heterocycles. The lowest BCUT2D eigenvalue weighted by Crippen LogP contribution is -2.43. The van der Waals surface area contributed by atoms with Crippen LogP contribution in [0.15, 0.2) is 82.5 Å². The molecule has 13 nitrogen and oxygen atoms in total. The number of benzene rings is 2. The molecule has 1 aliphatic rings. The Kier molecular flexibility index (Phi) is 9.58. The molecule has 1 unspecified atom stereocenters. The van der Waals surface area contributed by atoms with Gasteiger partial charge in [-0.25, -0.2) is 13.8 Å². The van der Waals surface area contributed by atoms with E-state index in [1.165, 1.54) is 37.3 Å². The largest absolute Gasteiger partial charge is 0.480 e. The molecular formula is C28H29FN3O10P. The third-order valence-corrected chi connectivity index (χ3v) is 8.19. The van der Waals surface area contributed by atoms with Crippen LogP contribution < -0.4 is 20.9 Å². The van der Waals surface area contributed by atoms with Crippen LogP contribution >= 0.6 is 7.75 Å². The van der Waals surface area contributed by atoms with Crippen LogP contribution in [0, 0.1) is 0 Å². The molecule has 0 spiro atoms. The van der Waals surface area contributed by atoms with Gasteiger partial charge in [0.1, 0.15) is 24.0 Å². The second-order valence-corrected chi connectivity index (χ2v) is 11.5. The van der Waals surface area contributed by atoms with Crippen molar-refractivity contribution in [2.75, 3.05) is 6.61 Å². The number of ether oxygens (including phenoxy) is 1. The van der Waals surface area contributed by atoms with Crippen LogP contribution in [0.3, 0.4) is 0 Å². The third kappa shape index (κ3) is 7.61. The van der Waals surface area contributed by atoms with Gasteiger partial charge < -0.3 is 19.5 Å². The highest BCUT2D eigenvalue weighted by Gasteiger charge is 2.55. The Morgan fingerprint density at radius 1 is 1.19 bits per heavy atom. The predicted molar refractivity (Wildman–Crippen MR) is 151 cm³/mol. The van der Waals surface area contributed by atoms with Gasteiger partial charge in [0.2, 0.25) is 0 Å². The highest BCUT2D eigenvalue weighted by molar-refractivity contribution is 7.52. The molecular weight excluding hydrogens is 588 g/mol. The van der Waals surface area contributed by atoms with Crippen molar-refractivity contribution in [1.82, 2.24) is 14.6 Å². The lowest BCUT2D eigenvalue weighted by atomic mass is 9.98. The van der Waals surface area contributed by atoms with Crippen LogP contribution in [0.25, 0.3) is 6.08 Å². The van der Waals surface area contributed by atoms with Crippen molar-refractivity contribution in [2.24, 2.45) is 0 Å². The normalized spacial score (nSPS) is 24.0. The van der Waals surface area contributed by atoms with Gasteiger partial charge in [-0.15, -0.1) is 0 Å². The number of carbonyl (C=O) groups is 2. The summed E-state index contributed by atoms with van der Waals surface area (Å²) in [7, 11) is -4.53. The van der Waals surface area contributed by atoms with Gasteiger partial charge in [-0.3, -0.25) is 28.5 Å². The fourth-order valence-corrected chi connectivity index (χ4v) is 5.67. The Balaban J connectivity index is 1.49. The number of nitrogens with one attached hydrogen (secondary N) is 2. The highest BCUT2D eigenvalue weighted by Crippen LogP contribution is 2.47. The number of aliphatic carboxylic acids is 1. The molecule has 2 heterocycles. The summed E-state index contributed by atoms with van der Waals surface area (Å²) in [5.74, 6) is -1.76. The Hall–Kier alpha value is -4.20. The Morgan fingerprint density at radius 2 is 1.86 bits per heavy atom. The molecule has 1 fully saturated rings. The van der Waals surface area contributed by atoms with Crippen LogP contribution in [0.4, 0.5) is 4.39 Å². The second kappa shape index (κ2) is 13.0. The summed E-state index contributed by atoms with van der Waals surface area (Å²) in [6, 6.07) is 14.2. The lowest BCUT2D eigenvalue weighted by Gasteiger charge is -2.25. The number of allylic oxidation sites excluding steroid dienone is 1. The first kappa shape index (κ1) is 31.7. The fourth-order valence-electron chi connectivity index (χ4n) is 4.17. The maximum Gasteiger partial charge on any atom is 0.459 e. The average Bonchev–Trinajstić information content (AvgIpc) is 3.19. The zero-order chi connectivity index (χ0) is 31.4. The molecule has 228 valence electrons. The van der Waals surface area contributed by atoms with E-state index in [9.17, 15) is 34.0 Å². The Bertz CT molecular complexity index is 1660. The third-order valence-electron chi connectivity index (χ3n) is 6.54. The van der Waals surface area contributed by atoms with Crippen molar-refractivity contribution < 1.29 is 42.5 Å². The summed E-state index contributed by atoms with van der Waals surface area (Å²) in [5.41, 5.74) is -3.15. The first-order chi connectivity index (χ1) is 20.3. The van der Waals surface area contributed by atoms with Crippen LogP contribution in [-0.2, 0) is 18.6 Å². The van der Waals surface area contributed by atoms with E-state index in [1.807, 2.05) is 35.3 Å². The molecule has 1 aromatic heterocycles. The number of ketones is 1. The Morgan fingerprint density at radius 3 is 2.49 bits per heavy atom. The number of carboxylic acid groups (broad SMARTS) is 1. The number of nitrogens with zero attached hydrogens (tertiary/aromatic N) is 1. The molecule has 2 aromatic carbocycles. The van der Waals surface area contributed by atoms with Gasteiger partial charge >= 0.3 is 19.4 Å². The summed E-state index contributed by atoms with van der Waals surface area (Å²) < 4.78 is 46.3. The summed E-state index contributed by atoms with van der Waals surface area (Å²) in [6.07, 6.45) is -1.05. The molecule has 0 aliphatic carbocycles. The topological polar surface area (TPSA) is 186 Å². The van der Waals surface area contributed by atoms with Crippen molar-refractivity contribution in [3.8, 4) is 5.75 Å². The maximum atomic E-state index is 15.5. The van der Waals surface area contributed by atoms with Gasteiger partial charge in [-0.2, -0.15) is 5.09 Å². The minimum atomic E-state index is -4.53. The molecule has 43 heavy (non-hydrogen) atoms. The van der Waals surface area contributed by atoms with E-state index >= 15 is 4.39 Å². The molecule has 0 saturated carbocycles. The molecule has 4 rings (SSSR count). The molecule has 6 atom stereocenters. The number of H-pyrrole nitrogens is 1. The van der Waals surface area contributed by atoms with E-state index in [4.69, 9.17) is 13.8 Å². The number of aromatic amines is 1. The van der Waals surface area contributed by atoms with Crippen LogP contribution in [0.1, 0.15) is 36.0 Å². The van der Waals surface area contributed by atoms with Crippen LogP contribution in [0.2, 0.25) is 0 Å². The summed E-state index contributed by atoms with van der Waals surface area (Å²) in [5, 5.41) is 22.2. The van der Waals surface area contributed by atoms with E-state index in [2.05, 4.69) is 5.09 Å². The number of halogens is 1. The molecule has 15 heteroatoms. The standard InChI is InChI=1S/C28H29FN3O10P/c1-17(25(36)37)31-43(39,42-20-11-9-19(10-12-20)21(33)13-8-18-6-4-3-5-7-18)40-16-22-24(35)28(2,29)26(41-22)32-15-14-23(34)30-27(32)38/h3-15,17,22,24,26,35H,16H2,1-2H3,(H,31,39)(H,36,37)(H,30,34,38)/b13-8+/t17-,22+,24+,26+,28+,43?/m0/s1. The number of carboxylic acids is 1. The minimum Gasteiger partial charge on any atom is -0.480 e. The summed E-state index contributed by atoms with van der Waals surface area (Å²) in [4.78, 5) is 49.5. The first-order valence-corrected chi connectivity index (χ1v) is 14.5. The number of carbonyl (C=O) groups excluding carboxylic acids is 1. The zero-order valence-corrected chi connectivity index (χ0v) is 23.8. The average molecular weight is 618 g/mol. The monoisotopic (exact) mass is 617 g/mol. The fraction of sp³-hybridized carbons (Fsp3) is 0.286. The predicted octanol–water partition coefficient (Wildman–Crippen LogP) is 2.69. The first-order valence-electron chi connectivity index (χ1n) is 13.0. The van der Waals surface area contributed by atoms with Gasteiger partial charge in [0, 0.05) is 17.8 Å². The molecule has 3 aromatic rings. The van der Waals surface area contributed by atoms with Gasteiger partial charge in [0.05, 0.1) is 6.61 Å². The zero-order valence-electron chi connectivity index (χ0n) is 23.0. The van der Waals surface area contributed by atoms with Gasteiger partial charge in [-0.05, 0) is 49.8 Å². The summed E-state index contributed by atoms with van der Waals surface area (Å²) >= 11 is 0. The van der Waals surface area contributed by atoms with Crippen molar-refractivity contribution in [2.45, 2.75) is 44.0 Å². The number of alkyl halides is 1. The van der Waals surface area contributed by atoms with Gasteiger partial charge in [0.25, 0.3) is 5.56 Å². The van der Waals surface area contributed by atoms with Crippen molar-refractivity contribution in [1.29, 1.82) is 0 Å². The quantitative estimate of drug-likeness (QED) is 0.133. The van der Waals surface area contributed by atoms with E-state index in [1.54, 1.807) is 6.08 Å². The Labute approximate surface area is 244 Å². The number of aliphatic hydroxyl groups is 1. The molecule has 0 amide bonds. The molecule has 1 saturated heterocycles. The lowest BCUT2D eigenvalue weighted by molar-refractivity contribution is -0.138. The smallest absolute Gasteiger partial charge is 0.459 e. The van der Waals surface area contributed by atoms with Crippen molar-refractivity contribution >= 4 is 25.6 Å². The van der Waals surface area contributed by atoms with Crippen molar-refractivity contribution in [3.63, 3.8) is 0 Å². The van der Waals surface area contributed by atoms with E-state index in [-0.39, 0.29) is 17.1 Å². The summed E-state index contributed by atoms with van der Waals surface area (Å²) in [6.45, 7) is 1.39. The maximum absolute atomic E-state index is 15.5. The number of hydrogen-bond donors (Lipinski definition) is 4. The molecule has 4 N–H and O–H groups in total. The number of aromatic nitrogens is 2. The van der Waals surface area contributed by atoms with Crippen LogP contribution in [0.5, 0.6) is 5.75 Å².